The number of hydrogen-bond acceptors (Lipinski definition) is 4. The molecule has 9 heteroatoms. The maximum atomic E-state index is 12.0. The molecule has 0 saturated carbocycles. The maximum Gasteiger partial charge on any atom is 0.240 e. The monoisotopic (exact) mass is 334 g/mol. The van der Waals surface area contributed by atoms with E-state index in [9.17, 15) is 8.42 Å². The summed E-state index contributed by atoms with van der Waals surface area (Å²) in [6.45, 7) is 0.866. The topological polar surface area (TPSA) is 76.9 Å². The quantitative estimate of drug-likeness (QED) is 0.819. The zero-order valence-electron chi connectivity index (χ0n) is 10.3. The van der Waals surface area contributed by atoms with Gasteiger partial charge in [0, 0.05) is 23.1 Å². The molecule has 0 unspecified atom stereocenters. The van der Waals surface area contributed by atoms with Gasteiger partial charge in [-0.05, 0) is 24.6 Å². The molecule has 0 saturated heterocycles. The van der Waals surface area contributed by atoms with Gasteiger partial charge in [0.25, 0.3) is 0 Å². The molecule has 108 valence electrons. The fraction of sp³-hybridized carbons (Fsp3) is 0.273. The first-order chi connectivity index (χ1) is 9.47. The van der Waals surface area contributed by atoms with Gasteiger partial charge in [0.15, 0.2) is 0 Å². The van der Waals surface area contributed by atoms with Crippen molar-refractivity contribution in [1.82, 2.24) is 19.5 Å². The van der Waals surface area contributed by atoms with Crippen LogP contribution in [0.2, 0.25) is 10.0 Å². The summed E-state index contributed by atoms with van der Waals surface area (Å²) in [5, 5.41) is 4.48. The summed E-state index contributed by atoms with van der Waals surface area (Å²) in [6, 6.07) is 4.19. The molecule has 0 radical (unpaired) electrons. The molecule has 1 aromatic carbocycles. The number of nitrogens with one attached hydrogen (secondary N) is 1. The summed E-state index contributed by atoms with van der Waals surface area (Å²) in [5.74, 6) is 0. The van der Waals surface area contributed by atoms with Gasteiger partial charge >= 0.3 is 0 Å². The van der Waals surface area contributed by atoms with Crippen LogP contribution in [0.25, 0.3) is 0 Å². The first kappa shape index (κ1) is 15.2. The molecule has 2 rings (SSSR count). The summed E-state index contributed by atoms with van der Waals surface area (Å²) < 4.78 is 28.2. The third-order valence-electron chi connectivity index (χ3n) is 2.47. The Kier molecular flexibility index (Phi) is 4.98. The normalized spacial score (nSPS) is 11.7. The van der Waals surface area contributed by atoms with Gasteiger partial charge in [-0.15, -0.1) is 0 Å². The smallest absolute Gasteiger partial charge is 0.240 e. The van der Waals surface area contributed by atoms with Gasteiger partial charge < -0.3 is 0 Å². The lowest BCUT2D eigenvalue weighted by molar-refractivity contribution is 0.552. The van der Waals surface area contributed by atoms with E-state index in [2.05, 4.69) is 14.8 Å². The van der Waals surface area contributed by atoms with Crippen LogP contribution in [0.5, 0.6) is 0 Å². The van der Waals surface area contributed by atoms with E-state index in [1.165, 1.54) is 24.5 Å². The molecule has 0 amide bonds. The Morgan fingerprint density at radius 1 is 1.20 bits per heavy atom. The number of nitrogens with zero attached hydrogens (tertiary/aromatic N) is 3. The molecule has 1 N–H and O–H groups in total. The summed E-state index contributed by atoms with van der Waals surface area (Å²) in [4.78, 5) is 3.85. The fourth-order valence-electron chi connectivity index (χ4n) is 1.56. The Hall–Kier alpha value is -1.15. The Morgan fingerprint density at radius 3 is 2.50 bits per heavy atom. The Morgan fingerprint density at radius 2 is 1.90 bits per heavy atom. The van der Waals surface area contributed by atoms with Gasteiger partial charge in [0.1, 0.15) is 12.7 Å². The van der Waals surface area contributed by atoms with Crippen molar-refractivity contribution in [1.29, 1.82) is 0 Å². The van der Waals surface area contributed by atoms with Gasteiger partial charge in [-0.25, -0.2) is 18.1 Å². The van der Waals surface area contributed by atoms with Crippen molar-refractivity contribution in [2.24, 2.45) is 0 Å². The lowest BCUT2D eigenvalue weighted by Crippen LogP contribution is -2.25. The van der Waals surface area contributed by atoms with Crippen molar-refractivity contribution in [2.45, 2.75) is 17.9 Å². The van der Waals surface area contributed by atoms with Crippen molar-refractivity contribution in [2.75, 3.05) is 6.54 Å². The summed E-state index contributed by atoms with van der Waals surface area (Å²) in [7, 11) is -3.61. The highest BCUT2D eigenvalue weighted by Crippen LogP contribution is 2.22. The minimum Gasteiger partial charge on any atom is -0.253 e. The molecule has 20 heavy (non-hydrogen) atoms. The number of aromatic nitrogens is 3. The molecule has 0 spiro atoms. The average Bonchev–Trinajstić information content (AvgIpc) is 2.86. The first-order valence-corrected chi connectivity index (χ1v) is 7.99. The highest BCUT2D eigenvalue weighted by Gasteiger charge is 2.14. The van der Waals surface area contributed by atoms with Crippen LogP contribution >= 0.6 is 23.2 Å². The van der Waals surface area contributed by atoms with Gasteiger partial charge in [-0.3, -0.25) is 4.68 Å². The third kappa shape index (κ3) is 4.17. The van der Waals surface area contributed by atoms with Crippen molar-refractivity contribution in [3.63, 3.8) is 0 Å². The zero-order valence-corrected chi connectivity index (χ0v) is 12.7. The molecule has 1 aromatic heterocycles. The molecular weight excluding hydrogens is 323 g/mol. The second-order valence-corrected chi connectivity index (χ2v) is 6.65. The van der Waals surface area contributed by atoms with E-state index >= 15 is 0 Å². The van der Waals surface area contributed by atoms with Gasteiger partial charge in [0.2, 0.25) is 10.0 Å². The Bertz CT molecular complexity index is 653. The molecule has 6 nitrogen and oxygen atoms in total. The fourth-order valence-corrected chi connectivity index (χ4v) is 3.36. The van der Waals surface area contributed by atoms with E-state index < -0.39 is 10.0 Å². The van der Waals surface area contributed by atoms with Crippen LogP contribution in [-0.4, -0.2) is 29.7 Å². The van der Waals surface area contributed by atoms with Gasteiger partial charge in [-0.2, -0.15) is 5.10 Å². The molecule has 1 heterocycles. The van der Waals surface area contributed by atoms with Crippen molar-refractivity contribution in [3.8, 4) is 0 Å². The molecule has 0 aliphatic carbocycles. The lowest BCUT2D eigenvalue weighted by atomic mass is 10.4. The molecule has 0 bridgehead atoms. The molecule has 2 aromatic rings. The van der Waals surface area contributed by atoms with Crippen LogP contribution < -0.4 is 4.72 Å². The van der Waals surface area contributed by atoms with Crippen molar-refractivity contribution < 1.29 is 8.42 Å². The van der Waals surface area contributed by atoms with Crippen molar-refractivity contribution in [3.05, 3.63) is 40.9 Å². The minimum absolute atomic E-state index is 0.0516. The molecular formula is C11H12Cl2N4O2S. The van der Waals surface area contributed by atoms with E-state index in [1.807, 2.05) is 0 Å². The van der Waals surface area contributed by atoms with Crippen LogP contribution in [0, 0.1) is 0 Å². The summed E-state index contributed by atoms with van der Waals surface area (Å²) in [5.41, 5.74) is 0. The predicted molar refractivity (Wildman–Crippen MR) is 76.3 cm³/mol. The summed E-state index contributed by atoms with van der Waals surface area (Å²) in [6.07, 6.45) is 3.60. The highest BCUT2D eigenvalue weighted by molar-refractivity contribution is 7.89. The van der Waals surface area contributed by atoms with Crippen LogP contribution in [0.1, 0.15) is 6.42 Å². The highest BCUT2D eigenvalue weighted by atomic mass is 35.5. The van der Waals surface area contributed by atoms with E-state index in [0.29, 0.717) is 13.0 Å². The second-order valence-electron chi connectivity index (χ2n) is 4.02. The first-order valence-electron chi connectivity index (χ1n) is 5.75. The average molecular weight is 335 g/mol. The molecule has 0 atom stereocenters. The minimum atomic E-state index is -3.61. The van der Waals surface area contributed by atoms with Gasteiger partial charge in [0.05, 0.1) is 4.90 Å². The molecule has 0 aliphatic rings. The van der Waals surface area contributed by atoms with E-state index in [4.69, 9.17) is 23.2 Å². The lowest BCUT2D eigenvalue weighted by Gasteiger charge is -2.07. The van der Waals surface area contributed by atoms with E-state index in [0.717, 1.165) is 0 Å². The third-order valence-corrected chi connectivity index (χ3v) is 4.35. The number of rotatable bonds is 6. The summed E-state index contributed by atoms with van der Waals surface area (Å²) >= 11 is 11.6. The maximum absolute atomic E-state index is 12.0. The standard InChI is InChI=1S/C11H12Cl2N4O2S/c12-9-4-10(13)6-11(5-9)20(18,19)16-2-1-3-17-8-14-7-15-17/h4-8,16H,1-3H2. The number of halogens is 2. The number of benzene rings is 1. The van der Waals surface area contributed by atoms with Crippen LogP contribution in [-0.2, 0) is 16.6 Å². The second kappa shape index (κ2) is 6.53. The SMILES string of the molecule is O=S(=O)(NCCCn1cncn1)c1cc(Cl)cc(Cl)c1. The van der Waals surface area contributed by atoms with Gasteiger partial charge in [-0.1, -0.05) is 23.2 Å². The largest absolute Gasteiger partial charge is 0.253 e. The number of sulfonamides is 1. The Labute approximate surface area is 126 Å². The molecule has 0 aliphatic heterocycles. The Balaban J connectivity index is 1.93. The van der Waals surface area contributed by atoms with Crippen molar-refractivity contribution >= 4 is 33.2 Å². The van der Waals surface area contributed by atoms with E-state index in [-0.39, 0.29) is 21.5 Å². The predicted octanol–water partition coefficient (Wildman–Crippen LogP) is 1.95. The van der Waals surface area contributed by atoms with E-state index in [1.54, 1.807) is 11.0 Å². The zero-order chi connectivity index (χ0) is 14.6. The van der Waals surface area contributed by atoms with Crippen LogP contribution in [0.3, 0.4) is 0 Å². The number of hydrogen-bond donors (Lipinski definition) is 1. The van der Waals surface area contributed by atoms with Crippen LogP contribution in [0.4, 0.5) is 0 Å². The molecule has 0 fully saturated rings. The number of aryl methyl sites for hydroxylation is 1. The van der Waals surface area contributed by atoms with Crippen LogP contribution in [0.15, 0.2) is 35.7 Å².